The van der Waals surface area contributed by atoms with Crippen molar-refractivity contribution in [2.45, 2.75) is 38.0 Å². The standard InChI is InChI=1S/C26H27N3O4/c1-33-25(32)12-11-22(30)26-21(15-18(16-23(26)31)17-7-3-2-4-8-17)27-14-13-24-28-19-9-5-6-10-20(19)29-24/h2-10,18,30H,11-16H2,1H3,(H,28,29)/b26-22-,27-21?. The van der Waals surface area contributed by atoms with Crippen LogP contribution in [-0.4, -0.2) is 46.2 Å². The number of aromatic amines is 1. The predicted molar refractivity (Wildman–Crippen MR) is 126 cm³/mol. The van der Waals surface area contributed by atoms with Gasteiger partial charge in [-0.3, -0.25) is 14.6 Å². The third-order valence-corrected chi connectivity index (χ3v) is 5.88. The van der Waals surface area contributed by atoms with Crippen LogP contribution in [0.1, 0.15) is 43.0 Å². The van der Waals surface area contributed by atoms with Gasteiger partial charge in [0.1, 0.15) is 11.6 Å². The first-order valence-electron chi connectivity index (χ1n) is 11.1. The Labute approximate surface area is 192 Å². The maximum Gasteiger partial charge on any atom is 0.305 e. The molecule has 0 bridgehead atoms. The zero-order valence-corrected chi connectivity index (χ0v) is 18.6. The number of ether oxygens (including phenoxy) is 1. The molecule has 2 N–H and O–H groups in total. The number of carbonyl (C=O) groups is 2. The number of nitrogens with one attached hydrogen (secondary N) is 1. The van der Waals surface area contributed by atoms with E-state index in [2.05, 4.69) is 14.7 Å². The Morgan fingerprint density at radius 3 is 2.64 bits per heavy atom. The number of allylic oxidation sites excluding steroid dienone is 2. The van der Waals surface area contributed by atoms with Crippen molar-refractivity contribution in [3.05, 3.63) is 77.3 Å². The number of nitrogens with zero attached hydrogens (tertiary/aromatic N) is 2. The number of imidazole rings is 1. The molecule has 1 unspecified atom stereocenters. The molecule has 1 aliphatic carbocycles. The highest BCUT2D eigenvalue weighted by atomic mass is 16.5. The van der Waals surface area contributed by atoms with Gasteiger partial charge in [-0.2, -0.15) is 0 Å². The maximum atomic E-state index is 13.1. The van der Waals surface area contributed by atoms with E-state index in [0.717, 1.165) is 22.4 Å². The van der Waals surface area contributed by atoms with Crippen molar-refractivity contribution in [3.8, 4) is 0 Å². The summed E-state index contributed by atoms with van der Waals surface area (Å²) in [5.74, 6) is 0.138. The van der Waals surface area contributed by atoms with Gasteiger partial charge in [0.15, 0.2) is 5.78 Å². The molecule has 4 rings (SSSR count). The van der Waals surface area contributed by atoms with E-state index in [4.69, 9.17) is 4.99 Å². The van der Waals surface area contributed by atoms with Crippen molar-refractivity contribution in [1.29, 1.82) is 0 Å². The number of aliphatic imine (C=N–C) groups is 1. The number of rotatable bonds is 7. The number of fused-ring (bicyclic) bond motifs is 1. The third-order valence-electron chi connectivity index (χ3n) is 5.88. The fourth-order valence-corrected chi connectivity index (χ4v) is 4.19. The third kappa shape index (κ3) is 5.37. The van der Waals surface area contributed by atoms with E-state index in [9.17, 15) is 14.7 Å². The van der Waals surface area contributed by atoms with Crippen LogP contribution < -0.4 is 0 Å². The number of benzene rings is 2. The topological polar surface area (TPSA) is 105 Å². The van der Waals surface area contributed by atoms with E-state index in [1.165, 1.54) is 7.11 Å². The molecule has 0 saturated heterocycles. The monoisotopic (exact) mass is 445 g/mol. The van der Waals surface area contributed by atoms with Crippen LogP contribution >= 0.6 is 0 Å². The number of methoxy groups -OCH3 is 1. The smallest absolute Gasteiger partial charge is 0.305 e. The Balaban J connectivity index is 1.57. The van der Waals surface area contributed by atoms with Crippen molar-refractivity contribution >= 4 is 28.5 Å². The lowest BCUT2D eigenvalue weighted by Gasteiger charge is -2.26. The van der Waals surface area contributed by atoms with Gasteiger partial charge in [0, 0.05) is 31.5 Å². The molecule has 7 nitrogen and oxygen atoms in total. The summed E-state index contributed by atoms with van der Waals surface area (Å²) >= 11 is 0. The van der Waals surface area contributed by atoms with Crippen LogP contribution in [0.3, 0.4) is 0 Å². The molecule has 1 atom stereocenters. The quantitative estimate of drug-likeness (QED) is 0.317. The summed E-state index contributed by atoms with van der Waals surface area (Å²) in [4.78, 5) is 37.2. The van der Waals surface area contributed by atoms with Crippen molar-refractivity contribution in [2.24, 2.45) is 4.99 Å². The fourth-order valence-electron chi connectivity index (χ4n) is 4.19. The summed E-state index contributed by atoms with van der Waals surface area (Å²) in [5, 5.41) is 10.7. The largest absolute Gasteiger partial charge is 0.511 e. The van der Waals surface area contributed by atoms with Crippen LogP contribution in [0.15, 0.2) is 70.9 Å². The summed E-state index contributed by atoms with van der Waals surface area (Å²) in [6, 6.07) is 17.7. The van der Waals surface area contributed by atoms with Gasteiger partial charge in [0.2, 0.25) is 0 Å². The van der Waals surface area contributed by atoms with Crippen LogP contribution in [0.4, 0.5) is 0 Å². The molecule has 1 saturated carbocycles. The minimum Gasteiger partial charge on any atom is -0.511 e. The summed E-state index contributed by atoms with van der Waals surface area (Å²) in [6.45, 7) is 0.428. The Hall–Kier alpha value is -3.74. The van der Waals surface area contributed by atoms with Crippen molar-refractivity contribution in [1.82, 2.24) is 9.97 Å². The number of Topliss-reactive ketones (excluding diaryl/α,β-unsaturated/α-hetero) is 1. The molecule has 3 aromatic rings. The molecule has 2 aromatic carbocycles. The highest BCUT2D eigenvalue weighted by Crippen LogP contribution is 2.33. The first kappa shape index (κ1) is 22.5. The summed E-state index contributed by atoms with van der Waals surface area (Å²) < 4.78 is 4.66. The number of ketones is 1. The molecule has 1 aliphatic rings. The lowest BCUT2D eigenvalue weighted by atomic mass is 9.78. The zero-order valence-electron chi connectivity index (χ0n) is 18.6. The maximum absolute atomic E-state index is 13.1. The van der Waals surface area contributed by atoms with E-state index in [-0.39, 0.29) is 35.9 Å². The van der Waals surface area contributed by atoms with Crippen LogP contribution in [-0.2, 0) is 20.7 Å². The van der Waals surface area contributed by atoms with Gasteiger partial charge in [-0.25, -0.2) is 4.98 Å². The summed E-state index contributed by atoms with van der Waals surface area (Å²) in [7, 11) is 1.30. The van der Waals surface area contributed by atoms with E-state index >= 15 is 0 Å². The number of hydrogen-bond acceptors (Lipinski definition) is 6. The molecule has 0 spiro atoms. The molecule has 1 fully saturated rings. The Kier molecular flexibility index (Phi) is 6.98. The zero-order chi connectivity index (χ0) is 23.2. The van der Waals surface area contributed by atoms with Gasteiger partial charge in [-0.15, -0.1) is 0 Å². The second-order valence-electron chi connectivity index (χ2n) is 8.12. The minimum absolute atomic E-state index is 0.000748. The van der Waals surface area contributed by atoms with Crippen molar-refractivity contribution < 1.29 is 19.4 Å². The van der Waals surface area contributed by atoms with Crippen LogP contribution in [0.5, 0.6) is 0 Å². The van der Waals surface area contributed by atoms with Gasteiger partial charge < -0.3 is 14.8 Å². The number of aliphatic hydroxyl groups excluding tert-OH is 1. The number of aliphatic hydroxyl groups is 1. The molecule has 170 valence electrons. The molecule has 0 radical (unpaired) electrons. The van der Waals surface area contributed by atoms with Crippen LogP contribution in [0, 0.1) is 0 Å². The number of para-hydroxylation sites is 2. The van der Waals surface area contributed by atoms with E-state index < -0.39 is 5.97 Å². The molecule has 0 amide bonds. The van der Waals surface area contributed by atoms with E-state index in [1.54, 1.807) is 0 Å². The van der Waals surface area contributed by atoms with Gasteiger partial charge >= 0.3 is 5.97 Å². The molecule has 0 aliphatic heterocycles. The second kappa shape index (κ2) is 10.3. The molecular weight excluding hydrogens is 418 g/mol. The van der Waals surface area contributed by atoms with Gasteiger partial charge in [-0.05, 0) is 30.0 Å². The van der Waals surface area contributed by atoms with Gasteiger partial charge in [0.05, 0.1) is 30.1 Å². The normalized spacial score (nSPS) is 19.1. The van der Waals surface area contributed by atoms with Crippen molar-refractivity contribution in [3.63, 3.8) is 0 Å². The van der Waals surface area contributed by atoms with Gasteiger partial charge in [0.25, 0.3) is 0 Å². The Morgan fingerprint density at radius 2 is 1.88 bits per heavy atom. The number of esters is 1. The second-order valence-corrected chi connectivity index (χ2v) is 8.12. The molecule has 7 heteroatoms. The van der Waals surface area contributed by atoms with Gasteiger partial charge in [-0.1, -0.05) is 42.5 Å². The summed E-state index contributed by atoms with van der Waals surface area (Å²) in [6.07, 6.45) is 1.48. The average molecular weight is 446 g/mol. The van der Waals surface area contributed by atoms with E-state index in [1.807, 2.05) is 54.6 Å². The fraction of sp³-hybridized carbons (Fsp3) is 0.308. The molecule has 1 heterocycles. The molecular formula is C26H27N3O4. The summed E-state index contributed by atoms with van der Waals surface area (Å²) in [5.41, 5.74) is 3.77. The van der Waals surface area contributed by atoms with Crippen LogP contribution in [0.25, 0.3) is 11.0 Å². The number of H-pyrrole nitrogens is 1. The average Bonchev–Trinajstić information content (AvgIpc) is 3.25. The lowest BCUT2D eigenvalue weighted by Crippen LogP contribution is -2.27. The Morgan fingerprint density at radius 1 is 1.12 bits per heavy atom. The first-order chi connectivity index (χ1) is 16.0. The minimum atomic E-state index is -0.434. The Bertz CT molecular complexity index is 1180. The number of carbonyl (C=O) groups excluding carboxylic acids is 2. The highest BCUT2D eigenvalue weighted by Gasteiger charge is 2.32. The number of aromatic nitrogens is 2. The molecule has 1 aromatic heterocycles. The predicted octanol–water partition coefficient (Wildman–Crippen LogP) is 4.46. The lowest BCUT2D eigenvalue weighted by molar-refractivity contribution is -0.140. The number of hydrogen-bond donors (Lipinski definition) is 2. The van der Waals surface area contributed by atoms with Crippen molar-refractivity contribution in [2.75, 3.05) is 13.7 Å². The SMILES string of the molecule is COC(=O)CC/C(O)=C1/C(=O)CC(c2ccccc2)CC1=NCCc1nc2ccccc2[nH]1. The highest BCUT2D eigenvalue weighted by molar-refractivity contribution is 6.24. The van der Waals surface area contributed by atoms with E-state index in [0.29, 0.717) is 31.5 Å². The first-order valence-corrected chi connectivity index (χ1v) is 11.1. The van der Waals surface area contributed by atoms with Crippen LogP contribution in [0.2, 0.25) is 0 Å². The molecule has 33 heavy (non-hydrogen) atoms.